The van der Waals surface area contributed by atoms with E-state index in [1.54, 1.807) is 43.5 Å². The topological polar surface area (TPSA) is 92.7 Å². The van der Waals surface area contributed by atoms with Crippen molar-refractivity contribution in [2.24, 2.45) is 11.3 Å². The van der Waals surface area contributed by atoms with Gasteiger partial charge in [-0.15, -0.1) is 0 Å². The molecule has 2 N–H and O–H groups in total. The smallest absolute Gasteiger partial charge is 0.316 e. The Hall–Kier alpha value is -3.93. The first-order valence-electron chi connectivity index (χ1n) is 11.7. The first kappa shape index (κ1) is 25.7. The van der Waals surface area contributed by atoms with Gasteiger partial charge in [0.15, 0.2) is 5.78 Å². The SMILES string of the molecule is CCC(CC)(CC(=O)c1ccc(-c2ccc(OC)cc2)cc1)C(C(=O)O)C(=O)Nc1ccccc1. The predicted octanol–water partition coefficient (Wildman–Crippen LogP) is 6.08. The van der Waals surface area contributed by atoms with E-state index in [0.717, 1.165) is 16.9 Å². The lowest BCUT2D eigenvalue weighted by molar-refractivity contribution is -0.151. The van der Waals surface area contributed by atoms with Crippen LogP contribution in [0, 0.1) is 11.3 Å². The first-order valence-corrected chi connectivity index (χ1v) is 11.7. The second-order valence-corrected chi connectivity index (χ2v) is 8.60. The molecule has 0 saturated carbocycles. The Morgan fingerprint density at radius 3 is 1.89 bits per heavy atom. The van der Waals surface area contributed by atoms with Crippen LogP contribution in [0.5, 0.6) is 5.75 Å². The van der Waals surface area contributed by atoms with Crippen LogP contribution < -0.4 is 10.1 Å². The summed E-state index contributed by atoms with van der Waals surface area (Å²) >= 11 is 0. The minimum atomic E-state index is -1.36. The number of nitrogens with one attached hydrogen (secondary N) is 1. The molecule has 0 fully saturated rings. The Balaban J connectivity index is 1.82. The number of carboxylic acids is 1. The molecule has 0 aromatic heterocycles. The molecule has 182 valence electrons. The van der Waals surface area contributed by atoms with E-state index < -0.39 is 23.2 Å². The molecule has 35 heavy (non-hydrogen) atoms. The van der Waals surface area contributed by atoms with Gasteiger partial charge in [0.1, 0.15) is 11.7 Å². The monoisotopic (exact) mass is 473 g/mol. The molecule has 1 amide bonds. The number of carboxylic acid groups (broad SMARTS) is 1. The Morgan fingerprint density at radius 2 is 1.40 bits per heavy atom. The number of ketones is 1. The van der Waals surface area contributed by atoms with Crippen LogP contribution in [-0.2, 0) is 9.59 Å². The molecule has 0 radical (unpaired) electrons. The number of aliphatic carboxylic acids is 1. The highest BCUT2D eigenvalue weighted by molar-refractivity contribution is 6.06. The highest BCUT2D eigenvalue weighted by atomic mass is 16.5. The van der Waals surface area contributed by atoms with Crippen LogP contribution in [0.4, 0.5) is 5.69 Å². The standard InChI is InChI=1S/C29H31NO5/c1-4-29(5-2,26(28(33)34)27(32)30-23-9-7-6-8-10-23)19-25(31)22-13-11-20(12-14-22)21-15-17-24(35-3)18-16-21/h6-18,26H,4-5,19H2,1-3H3,(H,30,32)(H,33,34). The largest absolute Gasteiger partial charge is 0.497 e. The number of ether oxygens (including phenoxy) is 1. The molecule has 1 atom stereocenters. The van der Waals surface area contributed by atoms with Gasteiger partial charge in [-0.25, -0.2) is 0 Å². The molecule has 0 aliphatic rings. The van der Waals surface area contributed by atoms with Gasteiger partial charge in [-0.1, -0.05) is 68.4 Å². The van der Waals surface area contributed by atoms with E-state index in [1.165, 1.54) is 0 Å². The van der Waals surface area contributed by atoms with Gasteiger partial charge in [0, 0.05) is 17.7 Å². The number of carbonyl (C=O) groups excluding carboxylic acids is 2. The minimum absolute atomic E-state index is 0.0406. The molecule has 6 heteroatoms. The number of anilines is 1. The maximum atomic E-state index is 13.3. The van der Waals surface area contributed by atoms with E-state index in [0.29, 0.717) is 24.1 Å². The number of rotatable bonds is 11. The van der Waals surface area contributed by atoms with Crippen LogP contribution in [0.1, 0.15) is 43.5 Å². The molecule has 0 bridgehead atoms. The third-order valence-corrected chi connectivity index (χ3v) is 6.71. The Labute approximate surface area is 206 Å². The molecule has 0 aliphatic heterocycles. The van der Waals surface area contributed by atoms with Crippen molar-refractivity contribution < 1.29 is 24.2 Å². The lowest BCUT2D eigenvalue weighted by Gasteiger charge is -2.36. The van der Waals surface area contributed by atoms with E-state index in [4.69, 9.17) is 4.74 Å². The second-order valence-electron chi connectivity index (χ2n) is 8.60. The van der Waals surface area contributed by atoms with Crippen molar-refractivity contribution in [3.8, 4) is 16.9 Å². The molecule has 3 aromatic rings. The predicted molar refractivity (Wildman–Crippen MR) is 137 cm³/mol. The van der Waals surface area contributed by atoms with Crippen molar-refractivity contribution in [2.45, 2.75) is 33.1 Å². The van der Waals surface area contributed by atoms with Crippen LogP contribution in [-0.4, -0.2) is 29.9 Å². The normalized spacial score (nSPS) is 12.0. The number of Topliss-reactive ketones (excluding diaryl/α,β-unsaturated/α-hetero) is 1. The van der Waals surface area contributed by atoms with E-state index in [-0.39, 0.29) is 12.2 Å². The molecule has 3 rings (SSSR count). The molecular weight excluding hydrogens is 442 g/mol. The van der Waals surface area contributed by atoms with Gasteiger partial charge in [-0.2, -0.15) is 0 Å². The zero-order valence-corrected chi connectivity index (χ0v) is 20.3. The maximum absolute atomic E-state index is 13.3. The van der Waals surface area contributed by atoms with Gasteiger partial charge in [0.2, 0.25) is 5.91 Å². The fourth-order valence-corrected chi connectivity index (χ4v) is 4.45. The summed E-state index contributed by atoms with van der Waals surface area (Å²) in [6, 6.07) is 23.6. The average molecular weight is 474 g/mol. The zero-order chi connectivity index (χ0) is 25.4. The van der Waals surface area contributed by atoms with Crippen LogP contribution >= 0.6 is 0 Å². The molecule has 0 aliphatic carbocycles. The number of para-hydroxylation sites is 1. The van der Waals surface area contributed by atoms with Crippen LogP contribution in [0.2, 0.25) is 0 Å². The molecule has 1 unspecified atom stereocenters. The lowest BCUT2D eigenvalue weighted by Crippen LogP contribution is -2.44. The Kier molecular flexibility index (Phi) is 8.42. The van der Waals surface area contributed by atoms with Gasteiger partial charge in [-0.05, 0) is 53.6 Å². The molecule has 3 aromatic carbocycles. The van der Waals surface area contributed by atoms with Crippen LogP contribution in [0.25, 0.3) is 11.1 Å². The summed E-state index contributed by atoms with van der Waals surface area (Å²) < 4.78 is 5.19. The third kappa shape index (κ3) is 5.96. The summed E-state index contributed by atoms with van der Waals surface area (Å²) in [6.07, 6.45) is 0.706. The summed E-state index contributed by atoms with van der Waals surface area (Å²) in [5, 5.41) is 12.7. The van der Waals surface area contributed by atoms with Gasteiger partial charge in [0.25, 0.3) is 0 Å². The van der Waals surface area contributed by atoms with Gasteiger partial charge in [0.05, 0.1) is 7.11 Å². The summed E-state index contributed by atoms with van der Waals surface area (Å²) in [4.78, 5) is 38.6. The van der Waals surface area contributed by atoms with Crippen molar-refractivity contribution >= 4 is 23.3 Å². The van der Waals surface area contributed by atoms with Crippen molar-refractivity contribution in [1.82, 2.24) is 0 Å². The number of amides is 1. The number of hydrogen-bond acceptors (Lipinski definition) is 4. The van der Waals surface area contributed by atoms with E-state index in [1.807, 2.05) is 56.3 Å². The molecule has 0 heterocycles. The number of methoxy groups -OCH3 is 1. The average Bonchev–Trinajstić information content (AvgIpc) is 2.88. The first-order chi connectivity index (χ1) is 16.8. The van der Waals surface area contributed by atoms with Crippen molar-refractivity contribution in [1.29, 1.82) is 0 Å². The fourth-order valence-electron chi connectivity index (χ4n) is 4.45. The maximum Gasteiger partial charge on any atom is 0.316 e. The molecular formula is C29H31NO5. The van der Waals surface area contributed by atoms with Gasteiger partial charge in [-0.3, -0.25) is 14.4 Å². The summed E-state index contributed by atoms with van der Waals surface area (Å²) in [6.45, 7) is 3.66. The lowest BCUT2D eigenvalue weighted by atomic mass is 9.67. The Bertz CT molecular complexity index is 1150. The molecule has 6 nitrogen and oxygen atoms in total. The van der Waals surface area contributed by atoms with E-state index in [9.17, 15) is 19.5 Å². The Morgan fingerprint density at radius 1 is 0.857 bits per heavy atom. The molecule has 0 saturated heterocycles. The van der Waals surface area contributed by atoms with Gasteiger partial charge >= 0.3 is 5.97 Å². The van der Waals surface area contributed by atoms with Crippen molar-refractivity contribution in [2.75, 3.05) is 12.4 Å². The van der Waals surface area contributed by atoms with Gasteiger partial charge < -0.3 is 15.2 Å². The van der Waals surface area contributed by atoms with Crippen molar-refractivity contribution in [3.63, 3.8) is 0 Å². The quantitative estimate of drug-likeness (QED) is 0.260. The van der Waals surface area contributed by atoms with E-state index in [2.05, 4.69) is 5.32 Å². The van der Waals surface area contributed by atoms with Crippen LogP contribution in [0.15, 0.2) is 78.9 Å². The minimum Gasteiger partial charge on any atom is -0.497 e. The fraction of sp³-hybridized carbons (Fsp3) is 0.276. The second kappa shape index (κ2) is 11.5. The van der Waals surface area contributed by atoms with E-state index >= 15 is 0 Å². The summed E-state index contributed by atoms with van der Waals surface area (Å²) in [7, 11) is 1.61. The van der Waals surface area contributed by atoms with Crippen LogP contribution in [0.3, 0.4) is 0 Å². The number of benzene rings is 3. The highest BCUT2D eigenvalue weighted by Gasteiger charge is 2.46. The summed E-state index contributed by atoms with van der Waals surface area (Å²) in [5.41, 5.74) is 1.93. The van der Waals surface area contributed by atoms with Crippen molar-refractivity contribution in [3.05, 3.63) is 84.4 Å². The zero-order valence-electron chi connectivity index (χ0n) is 20.3. The number of hydrogen-bond donors (Lipinski definition) is 2. The highest BCUT2D eigenvalue weighted by Crippen LogP contribution is 2.41. The number of carbonyl (C=O) groups is 3. The summed E-state index contributed by atoms with van der Waals surface area (Å²) in [5.74, 6) is -2.63. The third-order valence-electron chi connectivity index (χ3n) is 6.71. The molecule has 0 spiro atoms.